The number of thiophene rings is 1. The average Bonchev–Trinajstić information content (AvgIpc) is 3.50. The second kappa shape index (κ2) is 12.2. The number of hydrogen-bond donors (Lipinski definition) is 1. The van der Waals surface area contributed by atoms with E-state index in [0.717, 1.165) is 24.2 Å². The van der Waals surface area contributed by atoms with Crippen LogP contribution in [0.2, 0.25) is 5.02 Å². The fraction of sp³-hybridized carbons (Fsp3) is 0.231. The topological polar surface area (TPSA) is 86.1 Å². The number of amides is 1. The number of esters is 1. The van der Waals surface area contributed by atoms with Crippen molar-refractivity contribution in [3.63, 3.8) is 0 Å². The molecule has 0 saturated carbocycles. The third-order valence-corrected chi connectivity index (χ3v) is 7.63. The molecule has 4 aromatic rings. The molecule has 2 heterocycles. The highest BCUT2D eigenvalue weighted by Gasteiger charge is 2.23. The fourth-order valence-electron chi connectivity index (χ4n) is 3.72. The SMILES string of the molecule is CCn1c(CCc2ccccc2)nnc1SCC(=O)Nc1scc(-c2ccc(Cl)cc2)c1C(=O)OC. The minimum absolute atomic E-state index is 0.131. The molecule has 0 fully saturated rings. The van der Waals surface area contributed by atoms with Crippen LogP contribution < -0.4 is 5.32 Å². The molecule has 0 aliphatic carbocycles. The van der Waals surface area contributed by atoms with E-state index in [2.05, 4.69) is 27.6 Å². The highest BCUT2D eigenvalue weighted by atomic mass is 35.5. The number of aromatic nitrogens is 3. The van der Waals surface area contributed by atoms with E-state index < -0.39 is 5.97 Å². The lowest BCUT2D eigenvalue weighted by Gasteiger charge is -2.09. The van der Waals surface area contributed by atoms with Gasteiger partial charge in [-0.05, 0) is 36.6 Å². The first-order valence-electron chi connectivity index (χ1n) is 11.3. The molecule has 0 bridgehead atoms. The Bertz CT molecular complexity index is 1340. The maximum Gasteiger partial charge on any atom is 0.341 e. The Morgan fingerprint density at radius 3 is 2.53 bits per heavy atom. The molecule has 1 N–H and O–H groups in total. The molecule has 36 heavy (non-hydrogen) atoms. The minimum Gasteiger partial charge on any atom is -0.465 e. The van der Waals surface area contributed by atoms with Crippen LogP contribution in [0.15, 0.2) is 65.1 Å². The van der Waals surface area contributed by atoms with Crippen molar-refractivity contribution in [2.45, 2.75) is 31.5 Å². The van der Waals surface area contributed by atoms with Crippen LogP contribution in [0.4, 0.5) is 5.00 Å². The maximum absolute atomic E-state index is 12.8. The minimum atomic E-state index is -0.516. The molecule has 2 aromatic heterocycles. The number of hydrogen-bond acceptors (Lipinski definition) is 7. The normalized spacial score (nSPS) is 10.9. The van der Waals surface area contributed by atoms with Gasteiger partial charge in [-0.1, -0.05) is 65.8 Å². The molecule has 186 valence electrons. The molecular formula is C26H25ClN4O3S2. The molecule has 0 radical (unpaired) electrons. The number of nitrogens with one attached hydrogen (secondary N) is 1. The van der Waals surface area contributed by atoms with Gasteiger partial charge in [-0.15, -0.1) is 21.5 Å². The number of methoxy groups -OCH3 is 1. The molecule has 2 aromatic carbocycles. The number of halogens is 1. The number of ether oxygens (including phenoxy) is 1. The average molecular weight is 541 g/mol. The highest BCUT2D eigenvalue weighted by Crippen LogP contribution is 2.36. The molecule has 7 nitrogen and oxygen atoms in total. The van der Waals surface area contributed by atoms with Gasteiger partial charge in [0.05, 0.1) is 12.9 Å². The van der Waals surface area contributed by atoms with E-state index in [1.165, 1.54) is 35.8 Å². The quantitative estimate of drug-likeness (QED) is 0.197. The van der Waals surface area contributed by atoms with Gasteiger partial charge in [0.1, 0.15) is 16.4 Å². The molecule has 0 saturated heterocycles. The van der Waals surface area contributed by atoms with E-state index in [0.29, 0.717) is 32.9 Å². The first-order chi connectivity index (χ1) is 17.5. The first kappa shape index (κ1) is 25.9. The molecule has 0 unspecified atom stereocenters. The first-order valence-corrected chi connectivity index (χ1v) is 13.6. The van der Waals surface area contributed by atoms with Gasteiger partial charge in [-0.25, -0.2) is 4.79 Å². The Kier molecular flexibility index (Phi) is 8.79. The van der Waals surface area contributed by atoms with E-state index in [9.17, 15) is 9.59 Å². The van der Waals surface area contributed by atoms with Crippen molar-refractivity contribution in [2.75, 3.05) is 18.2 Å². The zero-order chi connectivity index (χ0) is 25.5. The van der Waals surface area contributed by atoms with Crippen molar-refractivity contribution >= 4 is 51.6 Å². The van der Waals surface area contributed by atoms with Gasteiger partial charge < -0.3 is 14.6 Å². The fourth-order valence-corrected chi connectivity index (χ4v) is 5.64. The number of nitrogens with zero attached hydrogens (tertiary/aromatic N) is 3. The number of aryl methyl sites for hydroxylation is 2. The van der Waals surface area contributed by atoms with Gasteiger partial charge in [0.25, 0.3) is 0 Å². The van der Waals surface area contributed by atoms with E-state index >= 15 is 0 Å². The standard InChI is InChI=1S/C26H25ClN4O3S2/c1-3-31-21(14-9-17-7-5-4-6-8-17)29-30-26(31)36-16-22(32)28-24-23(25(33)34-2)20(15-35-24)18-10-12-19(27)13-11-18/h4-8,10-13,15H,3,9,14,16H2,1-2H3,(H,28,32). The summed E-state index contributed by atoms with van der Waals surface area (Å²) in [6.45, 7) is 2.75. The summed E-state index contributed by atoms with van der Waals surface area (Å²) >= 11 is 8.59. The second-order valence-electron chi connectivity index (χ2n) is 7.82. The second-order valence-corrected chi connectivity index (χ2v) is 10.1. The monoisotopic (exact) mass is 540 g/mol. The van der Waals surface area contributed by atoms with Gasteiger partial charge in [-0.2, -0.15) is 0 Å². The number of rotatable bonds is 10. The number of carbonyl (C=O) groups excluding carboxylic acids is 2. The van der Waals surface area contributed by atoms with Gasteiger partial charge in [0.15, 0.2) is 5.16 Å². The Morgan fingerprint density at radius 2 is 1.83 bits per heavy atom. The predicted molar refractivity (Wildman–Crippen MR) is 145 cm³/mol. The molecule has 1 amide bonds. The molecular weight excluding hydrogens is 516 g/mol. The molecule has 10 heteroatoms. The highest BCUT2D eigenvalue weighted by molar-refractivity contribution is 7.99. The van der Waals surface area contributed by atoms with Crippen molar-refractivity contribution in [3.05, 3.63) is 82.0 Å². The van der Waals surface area contributed by atoms with Crippen LogP contribution in [-0.4, -0.2) is 39.5 Å². The molecule has 4 rings (SSSR count). The van der Waals surface area contributed by atoms with Crippen molar-refractivity contribution in [2.24, 2.45) is 0 Å². The van der Waals surface area contributed by atoms with Crippen LogP contribution in [0.3, 0.4) is 0 Å². The summed E-state index contributed by atoms with van der Waals surface area (Å²) in [7, 11) is 1.32. The van der Waals surface area contributed by atoms with E-state index in [4.69, 9.17) is 16.3 Å². The molecule has 0 spiro atoms. The maximum atomic E-state index is 12.8. The Hall–Kier alpha value is -3.14. The van der Waals surface area contributed by atoms with Crippen molar-refractivity contribution < 1.29 is 14.3 Å². The van der Waals surface area contributed by atoms with Crippen molar-refractivity contribution in [1.29, 1.82) is 0 Å². The third-order valence-electron chi connectivity index (χ3n) is 5.51. The number of benzene rings is 2. The van der Waals surface area contributed by atoms with E-state index in [1.807, 2.05) is 47.2 Å². The summed E-state index contributed by atoms with van der Waals surface area (Å²) in [6, 6.07) is 17.4. The largest absolute Gasteiger partial charge is 0.465 e. The number of thioether (sulfide) groups is 1. The van der Waals surface area contributed by atoms with Crippen molar-refractivity contribution in [1.82, 2.24) is 14.8 Å². The molecule has 0 aliphatic heterocycles. The number of carbonyl (C=O) groups is 2. The summed E-state index contributed by atoms with van der Waals surface area (Å²) in [6.07, 6.45) is 1.64. The Morgan fingerprint density at radius 1 is 1.08 bits per heavy atom. The Balaban J connectivity index is 1.43. The summed E-state index contributed by atoms with van der Waals surface area (Å²) in [5.41, 5.74) is 3.06. The summed E-state index contributed by atoms with van der Waals surface area (Å²) in [5.74, 6) is 0.262. The lowest BCUT2D eigenvalue weighted by atomic mass is 10.0. The summed E-state index contributed by atoms with van der Waals surface area (Å²) < 4.78 is 7.02. The van der Waals surface area contributed by atoms with Crippen LogP contribution in [-0.2, 0) is 28.9 Å². The third kappa shape index (κ3) is 6.16. The van der Waals surface area contributed by atoms with Crippen LogP contribution >= 0.6 is 34.7 Å². The zero-order valence-corrected chi connectivity index (χ0v) is 22.3. The van der Waals surface area contributed by atoms with E-state index in [1.54, 1.807) is 12.1 Å². The van der Waals surface area contributed by atoms with Crippen LogP contribution in [0.25, 0.3) is 11.1 Å². The van der Waals surface area contributed by atoms with Gasteiger partial charge >= 0.3 is 5.97 Å². The molecule has 0 atom stereocenters. The predicted octanol–water partition coefficient (Wildman–Crippen LogP) is 5.98. The van der Waals surface area contributed by atoms with Gasteiger partial charge in [-0.3, -0.25) is 4.79 Å². The lowest BCUT2D eigenvalue weighted by molar-refractivity contribution is -0.113. The lowest BCUT2D eigenvalue weighted by Crippen LogP contribution is -2.16. The molecule has 0 aliphatic rings. The van der Waals surface area contributed by atoms with Crippen LogP contribution in [0.1, 0.15) is 28.7 Å². The van der Waals surface area contributed by atoms with Gasteiger partial charge in [0.2, 0.25) is 5.91 Å². The van der Waals surface area contributed by atoms with Gasteiger partial charge in [0, 0.05) is 28.9 Å². The Labute approximate surface area is 222 Å². The van der Waals surface area contributed by atoms with Crippen LogP contribution in [0, 0.1) is 0 Å². The summed E-state index contributed by atoms with van der Waals surface area (Å²) in [5, 5.41) is 15.1. The summed E-state index contributed by atoms with van der Waals surface area (Å²) in [4.78, 5) is 25.4. The van der Waals surface area contributed by atoms with Crippen LogP contribution in [0.5, 0.6) is 0 Å². The number of anilines is 1. The van der Waals surface area contributed by atoms with Crippen molar-refractivity contribution in [3.8, 4) is 11.1 Å². The zero-order valence-electron chi connectivity index (χ0n) is 19.9. The smallest absolute Gasteiger partial charge is 0.341 e. The van der Waals surface area contributed by atoms with E-state index in [-0.39, 0.29) is 11.7 Å².